The Balaban J connectivity index is 1.84. The molecule has 2 rings (SSSR count). The third-order valence-electron chi connectivity index (χ3n) is 3.69. The van der Waals surface area contributed by atoms with Gasteiger partial charge in [-0.05, 0) is 37.3 Å². The van der Waals surface area contributed by atoms with Gasteiger partial charge in [0, 0.05) is 25.4 Å². The fourth-order valence-electron chi connectivity index (χ4n) is 2.62. The third kappa shape index (κ3) is 5.30. The molecular weight excluding hydrogens is 280 g/mol. The lowest BCUT2D eigenvalue weighted by atomic mass is 10.1. The summed E-state index contributed by atoms with van der Waals surface area (Å²) in [4.78, 5) is 16.2. The topological polar surface area (TPSA) is 60.5 Å². The minimum absolute atomic E-state index is 0.0105. The van der Waals surface area contributed by atoms with Crippen molar-refractivity contribution in [1.82, 2.24) is 10.3 Å². The van der Waals surface area contributed by atoms with Crippen molar-refractivity contribution in [2.24, 2.45) is 11.8 Å². The Morgan fingerprint density at radius 3 is 3.00 bits per heavy atom. The Kier molecular flexibility index (Phi) is 6.19. The summed E-state index contributed by atoms with van der Waals surface area (Å²) in [5, 5.41) is 2.95. The fraction of sp³-hybridized carbons (Fsp3) is 0.647. The van der Waals surface area contributed by atoms with Crippen molar-refractivity contribution in [2.45, 2.75) is 46.3 Å². The summed E-state index contributed by atoms with van der Waals surface area (Å²) in [5.74, 6) is 1.25. The number of rotatable bonds is 7. The molecule has 1 aliphatic heterocycles. The van der Waals surface area contributed by atoms with E-state index in [-0.39, 0.29) is 17.9 Å². The van der Waals surface area contributed by atoms with Crippen LogP contribution < -0.4 is 10.1 Å². The number of nitrogens with zero attached hydrogens (tertiary/aromatic N) is 1. The zero-order valence-corrected chi connectivity index (χ0v) is 13.7. The third-order valence-corrected chi connectivity index (χ3v) is 3.69. The van der Waals surface area contributed by atoms with Crippen LogP contribution in [0.1, 0.15) is 39.2 Å². The Hall–Kier alpha value is -1.62. The van der Waals surface area contributed by atoms with Gasteiger partial charge in [0.15, 0.2) is 0 Å². The van der Waals surface area contributed by atoms with Crippen LogP contribution in [0.15, 0.2) is 18.3 Å². The number of carbonyl (C=O) groups is 1. The number of aromatic nitrogens is 1. The van der Waals surface area contributed by atoms with E-state index in [1.807, 2.05) is 12.1 Å². The van der Waals surface area contributed by atoms with E-state index in [1.54, 1.807) is 6.20 Å². The van der Waals surface area contributed by atoms with E-state index in [0.29, 0.717) is 31.6 Å². The van der Waals surface area contributed by atoms with Crippen LogP contribution in [0, 0.1) is 11.8 Å². The van der Waals surface area contributed by atoms with Crippen LogP contribution in [0.2, 0.25) is 0 Å². The SMILES string of the molecule is CC(C)CC(C)Oc1cc(CNC(=O)C2CCOC2)ccn1. The second kappa shape index (κ2) is 8.13. The Labute approximate surface area is 132 Å². The summed E-state index contributed by atoms with van der Waals surface area (Å²) in [5.41, 5.74) is 0.994. The molecule has 1 N–H and O–H groups in total. The molecular formula is C17H26N2O3. The zero-order valence-electron chi connectivity index (χ0n) is 13.7. The summed E-state index contributed by atoms with van der Waals surface area (Å²) in [6.07, 6.45) is 3.65. The summed E-state index contributed by atoms with van der Waals surface area (Å²) in [6.45, 7) is 8.10. The van der Waals surface area contributed by atoms with Gasteiger partial charge in [-0.3, -0.25) is 4.79 Å². The Morgan fingerprint density at radius 2 is 2.32 bits per heavy atom. The number of pyridine rings is 1. The Bertz CT molecular complexity index is 485. The number of hydrogen-bond acceptors (Lipinski definition) is 4. The van der Waals surface area contributed by atoms with Crippen molar-refractivity contribution < 1.29 is 14.3 Å². The molecule has 0 aromatic carbocycles. The van der Waals surface area contributed by atoms with Gasteiger partial charge in [-0.1, -0.05) is 13.8 Å². The van der Waals surface area contributed by atoms with E-state index in [2.05, 4.69) is 31.1 Å². The molecule has 1 aromatic rings. The van der Waals surface area contributed by atoms with Crippen LogP contribution in [0.5, 0.6) is 5.88 Å². The quantitative estimate of drug-likeness (QED) is 0.841. The van der Waals surface area contributed by atoms with Gasteiger partial charge < -0.3 is 14.8 Å². The minimum Gasteiger partial charge on any atom is -0.475 e. The van der Waals surface area contributed by atoms with E-state index >= 15 is 0 Å². The Morgan fingerprint density at radius 1 is 1.50 bits per heavy atom. The number of hydrogen-bond donors (Lipinski definition) is 1. The number of nitrogens with one attached hydrogen (secondary N) is 1. The highest BCUT2D eigenvalue weighted by Gasteiger charge is 2.23. The predicted molar refractivity (Wildman–Crippen MR) is 84.6 cm³/mol. The molecule has 1 fully saturated rings. The normalized spacial score (nSPS) is 19.2. The molecule has 2 heterocycles. The molecule has 0 spiro atoms. The van der Waals surface area contributed by atoms with E-state index in [9.17, 15) is 4.79 Å². The maximum Gasteiger partial charge on any atom is 0.225 e. The first-order valence-electron chi connectivity index (χ1n) is 8.01. The van der Waals surface area contributed by atoms with Crippen molar-refractivity contribution in [3.63, 3.8) is 0 Å². The predicted octanol–water partition coefficient (Wildman–Crippen LogP) is 2.55. The smallest absolute Gasteiger partial charge is 0.225 e. The lowest BCUT2D eigenvalue weighted by Gasteiger charge is -2.16. The standard InChI is InChI=1S/C17H26N2O3/c1-12(2)8-13(3)22-16-9-14(4-6-18-16)10-19-17(20)15-5-7-21-11-15/h4,6,9,12-13,15H,5,7-8,10-11H2,1-3H3,(H,19,20). The molecule has 0 bridgehead atoms. The highest BCUT2D eigenvalue weighted by molar-refractivity contribution is 5.78. The number of amides is 1. The molecule has 0 radical (unpaired) electrons. The second-order valence-corrected chi connectivity index (χ2v) is 6.34. The van der Waals surface area contributed by atoms with Crippen LogP contribution in [0.3, 0.4) is 0 Å². The van der Waals surface area contributed by atoms with Gasteiger partial charge in [-0.25, -0.2) is 4.98 Å². The van der Waals surface area contributed by atoms with Crippen LogP contribution in [-0.2, 0) is 16.1 Å². The average Bonchev–Trinajstić information content (AvgIpc) is 2.98. The van der Waals surface area contributed by atoms with Crippen molar-refractivity contribution in [3.8, 4) is 5.88 Å². The van der Waals surface area contributed by atoms with Gasteiger partial charge >= 0.3 is 0 Å². The molecule has 1 aliphatic rings. The van der Waals surface area contributed by atoms with Gasteiger partial charge in [0.1, 0.15) is 0 Å². The van der Waals surface area contributed by atoms with Gasteiger partial charge in [-0.15, -0.1) is 0 Å². The first-order valence-corrected chi connectivity index (χ1v) is 8.01. The minimum atomic E-state index is -0.0105. The second-order valence-electron chi connectivity index (χ2n) is 6.34. The molecule has 1 saturated heterocycles. The van der Waals surface area contributed by atoms with Crippen LogP contribution >= 0.6 is 0 Å². The van der Waals surface area contributed by atoms with Gasteiger partial charge in [-0.2, -0.15) is 0 Å². The van der Waals surface area contributed by atoms with E-state index in [4.69, 9.17) is 9.47 Å². The number of ether oxygens (including phenoxy) is 2. The van der Waals surface area contributed by atoms with E-state index in [0.717, 1.165) is 18.4 Å². The largest absolute Gasteiger partial charge is 0.475 e. The maximum absolute atomic E-state index is 12.0. The number of carbonyl (C=O) groups excluding carboxylic acids is 1. The van der Waals surface area contributed by atoms with E-state index < -0.39 is 0 Å². The van der Waals surface area contributed by atoms with Crippen LogP contribution in [-0.4, -0.2) is 30.2 Å². The van der Waals surface area contributed by atoms with Gasteiger partial charge in [0.25, 0.3) is 0 Å². The van der Waals surface area contributed by atoms with Crippen molar-refractivity contribution >= 4 is 5.91 Å². The van der Waals surface area contributed by atoms with Crippen LogP contribution in [0.25, 0.3) is 0 Å². The van der Waals surface area contributed by atoms with Crippen molar-refractivity contribution in [1.29, 1.82) is 0 Å². The molecule has 22 heavy (non-hydrogen) atoms. The highest BCUT2D eigenvalue weighted by atomic mass is 16.5. The molecule has 2 atom stereocenters. The molecule has 0 aliphatic carbocycles. The average molecular weight is 306 g/mol. The summed E-state index contributed by atoms with van der Waals surface area (Å²) in [7, 11) is 0. The zero-order chi connectivity index (χ0) is 15.9. The molecule has 0 saturated carbocycles. The molecule has 5 nitrogen and oxygen atoms in total. The molecule has 1 aromatic heterocycles. The van der Waals surface area contributed by atoms with Crippen molar-refractivity contribution in [3.05, 3.63) is 23.9 Å². The highest BCUT2D eigenvalue weighted by Crippen LogP contribution is 2.16. The molecule has 2 unspecified atom stereocenters. The lowest BCUT2D eigenvalue weighted by molar-refractivity contribution is -0.125. The molecule has 122 valence electrons. The summed E-state index contributed by atoms with van der Waals surface area (Å²) >= 11 is 0. The van der Waals surface area contributed by atoms with Crippen molar-refractivity contribution in [2.75, 3.05) is 13.2 Å². The first kappa shape index (κ1) is 16.7. The summed E-state index contributed by atoms with van der Waals surface area (Å²) < 4.78 is 11.1. The monoisotopic (exact) mass is 306 g/mol. The summed E-state index contributed by atoms with van der Waals surface area (Å²) in [6, 6.07) is 3.79. The fourth-order valence-corrected chi connectivity index (χ4v) is 2.62. The molecule has 5 heteroatoms. The maximum atomic E-state index is 12.0. The van der Waals surface area contributed by atoms with E-state index in [1.165, 1.54) is 0 Å². The van der Waals surface area contributed by atoms with Gasteiger partial charge in [0.05, 0.1) is 18.6 Å². The van der Waals surface area contributed by atoms with Crippen LogP contribution in [0.4, 0.5) is 0 Å². The first-order chi connectivity index (χ1) is 10.5. The van der Waals surface area contributed by atoms with Gasteiger partial charge in [0.2, 0.25) is 11.8 Å². The lowest BCUT2D eigenvalue weighted by Crippen LogP contribution is -2.30. The molecule has 1 amide bonds.